The van der Waals surface area contributed by atoms with Gasteiger partial charge in [-0.2, -0.15) is 0 Å². The predicted molar refractivity (Wildman–Crippen MR) is 83.1 cm³/mol. The van der Waals surface area contributed by atoms with Crippen molar-refractivity contribution >= 4 is 0 Å². The highest BCUT2D eigenvalue weighted by molar-refractivity contribution is 5.25. The van der Waals surface area contributed by atoms with Gasteiger partial charge in [-0.05, 0) is 43.2 Å². The van der Waals surface area contributed by atoms with Crippen molar-refractivity contribution < 1.29 is 8.78 Å². The van der Waals surface area contributed by atoms with E-state index in [1.807, 2.05) is 6.92 Å². The number of hydrogen-bond donors (Lipinski definition) is 1. The summed E-state index contributed by atoms with van der Waals surface area (Å²) >= 11 is 0. The summed E-state index contributed by atoms with van der Waals surface area (Å²) in [5.74, 6) is -0.348. The summed E-state index contributed by atoms with van der Waals surface area (Å²) in [4.78, 5) is 0. The number of benzene rings is 1. The highest BCUT2D eigenvalue weighted by Gasteiger charge is 2.42. The Kier molecular flexibility index (Phi) is 5.37. The molecular formula is C18H27F2N. The van der Waals surface area contributed by atoms with Crippen LogP contribution in [0.2, 0.25) is 0 Å². The van der Waals surface area contributed by atoms with E-state index in [0.717, 1.165) is 31.9 Å². The third-order valence-corrected chi connectivity index (χ3v) is 4.71. The fourth-order valence-corrected chi connectivity index (χ4v) is 4.10. The van der Waals surface area contributed by atoms with Crippen molar-refractivity contribution in [2.75, 3.05) is 6.54 Å². The second-order valence-corrected chi connectivity index (χ2v) is 6.82. The molecule has 2 rings (SSSR count). The Hall–Kier alpha value is -0.960. The zero-order chi connectivity index (χ0) is 15.5. The van der Waals surface area contributed by atoms with Gasteiger partial charge in [0.2, 0.25) is 0 Å². The van der Waals surface area contributed by atoms with Crippen molar-refractivity contribution in [1.29, 1.82) is 0 Å². The quantitative estimate of drug-likeness (QED) is 0.758. The maximum Gasteiger partial charge on any atom is 0.130 e. The van der Waals surface area contributed by atoms with Crippen molar-refractivity contribution in [1.82, 2.24) is 5.32 Å². The van der Waals surface area contributed by atoms with E-state index in [9.17, 15) is 8.78 Å². The van der Waals surface area contributed by atoms with Crippen LogP contribution in [0.1, 0.15) is 64.5 Å². The van der Waals surface area contributed by atoms with Crippen LogP contribution in [0.15, 0.2) is 18.2 Å². The molecule has 1 aliphatic rings. The molecule has 0 aliphatic heterocycles. The van der Waals surface area contributed by atoms with E-state index in [2.05, 4.69) is 19.2 Å². The molecule has 0 bridgehead atoms. The summed E-state index contributed by atoms with van der Waals surface area (Å²) in [6.07, 6.45) is 5.75. The van der Waals surface area contributed by atoms with E-state index in [0.29, 0.717) is 11.5 Å². The van der Waals surface area contributed by atoms with Gasteiger partial charge in [-0.25, -0.2) is 8.78 Å². The molecule has 1 aromatic rings. The SMILES string of the molecule is CCNC(c1ccc(F)cc1F)C1(CC(C)C)CCCC1. The lowest BCUT2D eigenvalue weighted by atomic mass is 9.70. The van der Waals surface area contributed by atoms with Gasteiger partial charge in [0.1, 0.15) is 11.6 Å². The lowest BCUT2D eigenvalue weighted by Crippen LogP contribution is -2.38. The van der Waals surface area contributed by atoms with Gasteiger partial charge in [-0.3, -0.25) is 0 Å². The Balaban J connectivity index is 2.39. The van der Waals surface area contributed by atoms with Crippen LogP contribution in [-0.4, -0.2) is 6.54 Å². The lowest BCUT2D eigenvalue weighted by Gasteiger charge is -2.40. The third kappa shape index (κ3) is 3.63. The molecule has 0 spiro atoms. The van der Waals surface area contributed by atoms with Gasteiger partial charge in [0, 0.05) is 17.7 Å². The van der Waals surface area contributed by atoms with E-state index in [4.69, 9.17) is 0 Å². The average molecular weight is 295 g/mol. The maximum absolute atomic E-state index is 14.3. The molecule has 0 aromatic heterocycles. The number of rotatable bonds is 6. The minimum atomic E-state index is -0.504. The standard InChI is InChI=1S/C18H27F2N/c1-4-21-17(15-8-7-14(19)11-16(15)20)18(12-13(2)3)9-5-6-10-18/h7-8,11,13,17,21H,4-6,9-10,12H2,1-3H3. The molecule has 1 aliphatic carbocycles. The van der Waals surface area contributed by atoms with E-state index in [-0.39, 0.29) is 11.5 Å². The molecule has 3 heteroatoms. The number of hydrogen-bond acceptors (Lipinski definition) is 1. The summed E-state index contributed by atoms with van der Waals surface area (Å²) in [6.45, 7) is 7.29. The molecule has 1 nitrogen and oxygen atoms in total. The molecule has 1 fully saturated rings. The van der Waals surface area contributed by atoms with Crippen LogP contribution >= 0.6 is 0 Å². The summed E-state index contributed by atoms with van der Waals surface area (Å²) in [7, 11) is 0. The molecular weight excluding hydrogens is 268 g/mol. The van der Waals surface area contributed by atoms with Gasteiger partial charge >= 0.3 is 0 Å². The molecule has 0 heterocycles. The predicted octanol–water partition coefficient (Wildman–Crippen LogP) is 5.22. The van der Waals surface area contributed by atoms with Gasteiger partial charge in [0.05, 0.1) is 0 Å². The van der Waals surface area contributed by atoms with Crippen molar-refractivity contribution in [2.24, 2.45) is 11.3 Å². The Labute approximate surface area is 127 Å². The van der Waals surface area contributed by atoms with Crippen LogP contribution in [0.5, 0.6) is 0 Å². The van der Waals surface area contributed by atoms with Gasteiger partial charge in [-0.1, -0.05) is 39.7 Å². The molecule has 1 unspecified atom stereocenters. The Morgan fingerprint density at radius 1 is 1.19 bits per heavy atom. The highest BCUT2D eigenvalue weighted by Crippen LogP contribution is 2.52. The largest absolute Gasteiger partial charge is 0.310 e. The topological polar surface area (TPSA) is 12.0 Å². The fraction of sp³-hybridized carbons (Fsp3) is 0.667. The molecule has 1 N–H and O–H groups in total. The number of nitrogens with one attached hydrogen (secondary N) is 1. The van der Waals surface area contributed by atoms with E-state index < -0.39 is 11.6 Å². The van der Waals surface area contributed by atoms with Crippen LogP contribution in [-0.2, 0) is 0 Å². The first-order valence-corrected chi connectivity index (χ1v) is 8.17. The molecule has 21 heavy (non-hydrogen) atoms. The van der Waals surface area contributed by atoms with E-state index in [1.165, 1.54) is 18.9 Å². The minimum absolute atomic E-state index is 0.0204. The van der Waals surface area contributed by atoms with Crippen LogP contribution < -0.4 is 5.32 Å². The molecule has 1 aromatic carbocycles. The van der Waals surface area contributed by atoms with Gasteiger partial charge in [-0.15, -0.1) is 0 Å². The molecule has 0 amide bonds. The summed E-state index contributed by atoms with van der Waals surface area (Å²) in [5.41, 5.74) is 0.726. The molecule has 0 saturated heterocycles. The van der Waals surface area contributed by atoms with Crippen LogP contribution in [0.25, 0.3) is 0 Å². The second-order valence-electron chi connectivity index (χ2n) is 6.82. The minimum Gasteiger partial charge on any atom is -0.310 e. The Morgan fingerprint density at radius 3 is 2.38 bits per heavy atom. The van der Waals surface area contributed by atoms with Gasteiger partial charge in [0.15, 0.2) is 0 Å². The monoisotopic (exact) mass is 295 g/mol. The second kappa shape index (κ2) is 6.87. The van der Waals surface area contributed by atoms with Crippen LogP contribution in [0.4, 0.5) is 8.78 Å². The first-order valence-electron chi connectivity index (χ1n) is 8.17. The molecule has 118 valence electrons. The molecule has 1 saturated carbocycles. The number of halogens is 2. The van der Waals surface area contributed by atoms with Crippen LogP contribution in [0.3, 0.4) is 0 Å². The summed E-state index contributed by atoms with van der Waals surface area (Å²) in [5, 5.41) is 3.48. The zero-order valence-electron chi connectivity index (χ0n) is 13.4. The van der Waals surface area contributed by atoms with Crippen molar-refractivity contribution in [3.05, 3.63) is 35.4 Å². The first-order chi connectivity index (χ1) is 9.98. The smallest absolute Gasteiger partial charge is 0.130 e. The van der Waals surface area contributed by atoms with Crippen molar-refractivity contribution in [3.8, 4) is 0 Å². The maximum atomic E-state index is 14.3. The summed E-state index contributed by atoms with van der Waals surface area (Å²) in [6, 6.07) is 3.99. The van der Waals surface area contributed by atoms with Crippen molar-refractivity contribution in [3.63, 3.8) is 0 Å². The van der Waals surface area contributed by atoms with E-state index >= 15 is 0 Å². The summed E-state index contributed by atoms with van der Waals surface area (Å²) < 4.78 is 27.5. The van der Waals surface area contributed by atoms with E-state index in [1.54, 1.807) is 6.07 Å². The first kappa shape index (κ1) is 16.4. The third-order valence-electron chi connectivity index (χ3n) is 4.71. The normalized spacial score (nSPS) is 19.1. The Bertz CT molecular complexity index is 464. The lowest BCUT2D eigenvalue weighted by molar-refractivity contribution is 0.154. The van der Waals surface area contributed by atoms with Crippen LogP contribution in [0, 0.1) is 23.0 Å². The average Bonchev–Trinajstić information content (AvgIpc) is 2.85. The fourth-order valence-electron chi connectivity index (χ4n) is 4.10. The highest BCUT2D eigenvalue weighted by atomic mass is 19.1. The molecule has 1 atom stereocenters. The van der Waals surface area contributed by atoms with Gasteiger partial charge in [0.25, 0.3) is 0 Å². The Morgan fingerprint density at radius 2 is 1.86 bits per heavy atom. The van der Waals surface area contributed by atoms with Crippen molar-refractivity contribution in [2.45, 2.75) is 58.9 Å². The molecule has 0 radical (unpaired) electrons. The zero-order valence-corrected chi connectivity index (χ0v) is 13.4. The van der Waals surface area contributed by atoms with Gasteiger partial charge < -0.3 is 5.32 Å².